The quantitative estimate of drug-likeness (QED) is 0.528. The van der Waals surface area contributed by atoms with E-state index in [0.717, 1.165) is 24.0 Å². The zero-order chi connectivity index (χ0) is 17.9. The monoisotopic (exact) mass is 338 g/mol. The number of hydrogen-bond acceptors (Lipinski definition) is 1. The van der Waals surface area contributed by atoms with Gasteiger partial charge in [-0.15, -0.1) is 0 Å². The summed E-state index contributed by atoms with van der Waals surface area (Å²) in [5.74, 6) is 0.171. The highest BCUT2D eigenvalue weighted by atomic mass is 16.1. The van der Waals surface area contributed by atoms with Gasteiger partial charge in [0.15, 0.2) is 5.78 Å². The number of aryl methyl sites for hydroxylation is 1. The molecule has 0 amide bonds. The van der Waals surface area contributed by atoms with Crippen LogP contribution in [0.2, 0.25) is 0 Å². The first-order chi connectivity index (χ1) is 12.7. The number of carbonyl (C=O) groups is 1. The molecule has 0 bridgehead atoms. The van der Waals surface area contributed by atoms with E-state index in [4.69, 9.17) is 0 Å². The number of hydrogen-bond donors (Lipinski definition) is 0. The van der Waals surface area contributed by atoms with Crippen LogP contribution >= 0.6 is 0 Å². The predicted octanol–water partition coefficient (Wildman–Crippen LogP) is 5.91. The van der Waals surface area contributed by atoms with Crippen molar-refractivity contribution in [2.24, 2.45) is 0 Å². The van der Waals surface area contributed by atoms with Crippen molar-refractivity contribution in [3.05, 3.63) is 101 Å². The van der Waals surface area contributed by atoms with E-state index in [0.29, 0.717) is 6.42 Å². The van der Waals surface area contributed by atoms with E-state index >= 15 is 0 Å². The lowest BCUT2D eigenvalue weighted by atomic mass is 9.94. The zero-order valence-corrected chi connectivity index (χ0v) is 15.0. The van der Waals surface area contributed by atoms with Gasteiger partial charge in [0.1, 0.15) is 0 Å². The minimum Gasteiger partial charge on any atom is -0.294 e. The zero-order valence-electron chi connectivity index (χ0n) is 15.0. The number of fused-ring (bicyclic) bond motifs is 1. The van der Waals surface area contributed by atoms with Crippen molar-refractivity contribution in [2.45, 2.75) is 26.2 Å². The molecule has 1 aliphatic carbocycles. The molecule has 3 aromatic rings. The van der Waals surface area contributed by atoms with Gasteiger partial charge in [0.05, 0.1) is 0 Å². The molecular weight excluding hydrogens is 316 g/mol. The number of allylic oxidation sites excluding steroid dienone is 1. The Kier molecular flexibility index (Phi) is 4.53. The molecule has 0 saturated heterocycles. The molecular formula is C25H22O. The maximum Gasteiger partial charge on any atom is 0.167 e. The third kappa shape index (κ3) is 3.25. The SMILES string of the molecule is CCc1ccc(C(=O)Cc2cccc(-c3cccc4c3CC=C4)c2)cc1. The van der Waals surface area contributed by atoms with Gasteiger partial charge in [0.25, 0.3) is 0 Å². The summed E-state index contributed by atoms with van der Waals surface area (Å²) in [7, 11) is 0. The number of Topliss-reactive ketones (excluding diaryl/α,β-unsaturated/α-hetero) is 1. The minimum absolute atomic E-state index is 0.171. The van der Waals surface area contributed by atoms with Crippen LogP contribution in [0.3, 0.4) is 0 Å². The molecule has 0 saturated carbocycles. The summed E-state index contributed by atoms with van der Waals surface area (Å²) in [6.07, 6.45) is 6.81. The van der Waals surface area contributed by atoms with E-state index in [-0.39, 0.29) is 5.78 Å². The van der Waals surface area contributed by atoms with E-state index < -0.39 is 0 Å². The molecule has 1 heteroatoms. The molecule has 26 heavy (non-hydrogen) atoms. The summed E-state index contributed by atoms with van der Waals surface area (Å²) >= 11 is 0. The molecule has 0 N–H and O–H groups in total. The number of benzene rings is 3. The Labute approximate surface area is 155 Å². The molecule has 0 radical (unpaired) electrons. The van der Waals surface area contributed by atoms with Crippen molar-refractivity contribution in [1.29, 1.82) is 0 Å². The molecule has 1 aliphatic rings. The Bertz CT molecular complexity index is 977. The molecule has 4 rings (SSSR count). The lowest BCUT2D eigenvalue weighted by Crippen LogP contribution is -2.04. The maximum absolute atomic E-state index is 12.6. The van der Waals surface area contributed by atoms with Crippen LogP contribution in [-0.2, 0) is 19.3 Å². The fourth-order valence-electron chi connectivity index (χ4n) is 3.63. The van der Waals surface area contributed by atoms with Crippen LogP contribution in [0.5, 0.6) is 0 Å². The van der Waals surface area contributed by atoms with Gasteiger partial charge in [0, 0.05) is 12.0 Å². The van der Waals surface area contributed by atoms with Crippen LogP contribution in [0.25, 0.3) is 17.2 Å². The molecule has 0 unspecified atom stereocenters. The largest absolute Gasteiger partial charge is 0.294 e. The standard InChI is InChI=1S/C25H22O/c1-2-18-12-14-21(15-13-18)25(26)17-19-6-3-9-22(16-19)24-11-5-8-20-7-4-10-23(20)24/h3-9,11-16H,2,10,17H2,1H3. The van der Waals surface area contributed by atoms with Gasteiger partial charge >= 0.3 is 0 Å². The van der Waals surface area contributed by atoms with Crippen molar-refractivity contribution >= 4 is 11.9 Å². The highest BCUT2D eigenvalue weighted by molar-refractivity contribution is 5.97. The topological polar surface area (TPSA) is 17.1 Å². The summed E-state index contributed by atoms with van der Waals surface area (Å²) in [4.78, 5) is 12.6. The highest BCUT2D eigenvalue weighted by Crippen LogP contribution is 2.31. The first kappa shape index (κ1) is 16.5. The van der Waals surface area contributed by atoms with Crippen molar-refractivity contribution in [1.82, 2.24) is 0 Å². The van der Waals surface area contributed by atoms with Crippen LogP contribution in [0.15, 0.2) is 72.8 Å². The smallest absolute Gasteiger partial charge is 0.167 e. The summed E-state index contributed by atoms with van der Waals surface area (Å²) in [6.45, 7) is 2.12. The van der Waals surface area contributed by atoms with Crippen LogP contribution in [-0.4, -0.2) is 5.78 Å². The van der Waals surface area contributed by atoms with E-state index in [2.05, 4.69) is 55.5 Å². The Hall–Kier alpha value is -2.93. The van der Waals surface area contributed by atoms with Crippen molar-refractivity contribution in [2.75, 3.05) is 0 Å². The number of ketones is 1. The third-order valence-corrected chi connectivity index (χ3v) is 5.12. The second kappa shape index (κ2) is 7.13. The fourth-order valence-corrected chi connectivity index (χ4v) is 3.63. The van der Waals surface area contributed by atoms with Gasteiger partial charge < -0.3 is 0 Å². The summed E-state index contributed by atoms with van der Waals surface area (Å²) < 4.78 is 0. The molecule has 0 aliphatic heterocycles. The highest BCUT2D eigenvalue weighted by Gasteiger charge is 2.13. The summed E-state index contributed by atoms with van der Waals surface area (Å²) in [6, 6.07) is 22.8. The Morgan fingerprint density at radius 3 is 2.54 bits per heavy atom. The second-order valence-corrected chi connectivity index (χ2v) is 6.83. The average molecular weight is 338 g/mol. The molecule has 128 valence electrons. The molecule has 0 fully saturated rings. The van der Waals surface area contributed by atoms with Gasteiger partial charge in [-0.05, 0) is 46.2 Å². The number of rotatable bonds is 5. The average Bonchev–Trinajstić information content (AvgIpc) is 3.17. The van der Waals surface area contributed by atoms with Crippen molar-refractivity contribution in [3.8, 4) is 11.1 Å². The summed E-state index contributed by atoms with van der Waals surface area (Å²) in [5.41, 5.74) is 8.26. The molecule has 0 spiro atoms. The molecule has 1 nitrogen and oxygen atoms in total. The van der Waals surface area contributed by atoms with Crippen LogP contribution in [0.1, 0.15) is 39.5 Å². The summed E-state index contributed by atoms with van der Waals surface area (Å²) in [5, 5.41) is 0. The first-order valence-corrected chi connectivity index (χ1v) is 9.24. The van der Waals surface area contributed by atoms with E-state index in [9.17, 15) is 4.79 Å². The lowest BCUT2D eigenvalue weighted by molar-refractivity contribution is 0.0993. The lowest BCUT2D eigenvalue weighted by Gasteiger charge is -2.10. The molecule has 0 aromatic heterocycles. The maximum atomic E-state index is 12.6. The van der Waals surface area contributed by atoms with Gasteiger partial charge in [-0.2, -0.15) is 0 Å². The van der Waals surface area contributed by atoms with Gasteiger partial charge in [-0.25, -0.2) is 0 Å². The normalized spacial score (nSPS) is 12.2. The van der Waals surface area contributed by atoms with E-state index in [1.54, 1.807) is 0 Å². The molecule has 0 heterocycles. The Morgan fingerprint density at radius 2 is 1.73 bits per heavy atom. The van der Waals surface area contributed by atoms with Crippen molar-refractivity contribution < 1.29 is 4.79 Å². The van der Waals surface area contributed by atoms with Crippen LogP contribution in [0, 0.1) is 0 Å². The molecule has 3 aromatic carbocycles. The second-order valence-electron chi connectivity index (χ2n) is 6.83. The number of carbonyl (C=O) groups excluding carboxylic acids is 1. The van der Waals surface area contributed by atoms with Crippen LogP contribution < -0.4 is 0 Å². The van der Waals surface area contributed by atoms with E-state index in [1.165, 1.54) is 27.8 Å². The Balaban J connectivity index is 1.58. The molecule has 0 atom stereocenters. The van der Waals surface area contributed by atoms with Crippen LogP contribution in [0.4, 0.5) is 0 Å². The predicted molar refractivity (Wildman–Crippen MR) is 108 cm³/mol. The van der Waals surface area contributed by atoms with Gasteiger partial charge in [0.2, 0.25) is 0 Å². The van der Waals surface area contributed by atoms with Crippen molar-refractivity contribution in [3.63, 3.8) is 0 Å². The van der Waals surface area contributed by atoms with Gasteiger partial charge in [-0.3, -0.25) is 4.79 Å². The first-order valence-electron chi connectivity index (χ1n) is 9.24. The minimum atomic E-state index is 0.171. The fraction of sp³-hybridized carbons (Fsp3) is 0.160. The van der Waals surface area contributed by atoms with Gasteiger partial charge in [-0.1, -0.05) is 85.8 Å². The third-order valence-electron chi connectivity index (χ3n) is 5.12. The van der Waals surface area contributed by atoms with E-state index in [1.807, 2.05) is 30.3 Å². The Morgan fingerprint density at radius 1 is 0.923 bits per heavy atom.